The number of anilines is 1. The molecule has 7 nitrogen and oxygen atoms in total. The zero-order valence-electron chi connectivity index (χ0n) is 7.55. The summed E-state index contributed by atoms with van der Waals surface area (Å²) in [4.78, 5) is 22.9. The molecular formula is C7H5F2N3O4. The summed E-state index contributed by atoms with van der Waals surface area (Å²) in [6.07, 6.45) is -2.68. The Balaban J connectivity index is 3.63. The molecule has 0 fully saturated rings. The SMILES string of the molecule is Nc1cnc([N+](=O)[O-])c(C(F)F)c1C(=O)O. The van der Waals surface area contributed by atoms with Crippen molar-refractivity contribution in [1.29, 1.82) is 0 Å². The van der Waals surface area contributed by atoms with Crippen molar-refractivity contribution in [2.75, 3.05) is 5.73 Å². The van der Waals surface area contributed by atoms with Crippen LogP contribution in [0.5, 0.6) is 0 Å². The van der Waals surface area contributed by atoms with E-state index in [4.69, 9.17) is 10.8 Å². The molecule has 3 N–H and O–H groups in total. The van der Waals surface area contributed by atoms with Gasteiger partial charge in [-0.1, -0.05) is 0 Å². The quantitative estimate of drug-likeness (QED) is 0.598. The molecule has 0 bridgehead atoms. The maximum absolute atomic E-state index is 12.5. The van der Waals surface area contributed by atoms with E-state index in [1.54, 1.807) is 0 Å². The maximum Gasteiger partial charge on any atom is 0.373 e. The lowest BCUT2D eigenvalue weighted by atomic mass is 10.1. The van der Waals surface area contributed by atoms with Gasteiger partial charge in [-0.05, 0) is 9.91 Å². The monoisotopic (exact) mass is 233 g/mol. The van der Waals surface area contributed by atoms with E-state index in [-0.39, 0.29) is 0 Å². The number of nitrogens with zero attached hydrogens (tertiary/aromatic N) is 2. The van der Waals surface area contributed by atoms with E-state index in [1.807, 2.05) is 0 Å². The van der Waals surface area contributed by atoms with E-state index >= 15 is 0 Å². The minimum atomic E-state index is -3.34. The number of hydrogen-bond donors (Lipinski definition) is 2. The number of carbonyl (C=O) groups is 1. The van der Waals surface area contributed by atoms with Crippen LogP contribution in [0.15, 0.2) is 6.20 Å². The Morgan fingerprint density at radius 2 is 2.19 bits per heavy atom. The van der Waals surface area contributed by atoms with Crippen LogP contribution < -0.4 is 5.73 Å². The van der Waals surface area contributed by atoms with E-state index in [0.29, 0.717) is 6.20 Å². The highest BCUT2D eigenvalue weighted by Crippen LogP contribution is 2.33. The molecule has 0 saturated carbocycles. The Morgan fingerprint density at radius 1 is 1.62 bits per heavy atom. The third kappa shape index (κ3) is 1.87. The van der Waals surface area contributed by atoms with Gasteiger partial charge < -0.3 is 21.0 Å². The normalized spacial score (nSPS) is 10.4. The molecule has 9 heteroatoms. The van der Waals surface area contributed by atoms with E-state index in [9.17, 15) is 23.7 Å². The smallest absolute Gasteiger partial charge is 0.373 e. The first kappa shape index (κ1) is 11.8. The Hall–Kier alpha value is -2.32. The molecule has 0 unspecified atom stereocenters. The van der Waals surface area contributed by atoms with E-state index < -0.39 is 40.0 Å². The van der Waals surface area contributed by atoms with Gasteiger partial charge in [-0.3, -0.25) is 0 Å². The van der Waals surface area contributed by atoms with Crippen molar-refractivity contribution in [2.45, 2.75) is 6.43 Å². The van der Waals surface area contributed by atoms with Gasteiger partial charge in [-0.15, -0.1) is 0 Å². The van der Waals surface area contributed by atoms with Crippen molar-refractivity contribution in [2.24, 2.45) is 0 Å². The largest absolute Gasteiger partial charge is 0.478 e. The number of hydrogen-bond acceptors (Lipinski definition) is 5. The first-order chi connectivity index (χ1) is 7.36. The molecule has 0 spiro atoms. The van der Waals surface area contributed by atoms with Crippen LogP contribution in [0.1, 0.15) is 22.3 Å². The number of nitro groups is 1. The summed E-state index contributed by atoms with van der Waals surface area (Å²) in [6.45, 7) is 0. The number of aromatic nitrogens is 1. The maximum atomic E-state index is 12.5. The molecular weight excluding hydrogens is 228 g/mol. The second kappa shape index (κ2) is 4.04. The Bertz CT molecular complexity index is 463. The Kier molecular flexibility index (Phi) is 2.97. The fraction of sp³-hybridized carbons (Fsp3) is 0.143. The highest BCUT2D eigenvalue weighted by molar-refractivity contribution is 5.96. The van der Waals surface area contributed by atoms with Gasteiger partial charge in [0.2, 0.25) is 0 Å². The molecule has 0 aliphatic carbocycles. The van der Waals surface area contributed by atoms with Crippen LogP contribution >= 0.6 is 0 Å². The minimum absolute atomic E-state index is 0.548. The third-order valence-corrected chi connectivity index (χ3v) is 1.73. The van der Waals surface area contributed by atoms with E-state index in [2.05, 4.69) is 4.98 Å². The number of rotatable bonds is 3. The van der Waals surface area contributed by atoms with Crippen LogP contribution in [0, 0.1) is 10.1 Å². The van der Waals surface area contributed by atoms with Crippen LogP contribution in [0.4, 0.5) is 20.3 Å². The van der Waals surface area contributed by atoms with Crippen molar-refractivity contribution in [1.82, 2.24) is 4.98 Å². The Labute approximate surface area is 86.7 Å². The number of pyridine rings is 1. The average Bonchev–Trinajstić information content (AvgIpc) is 2.15. The predicted octanol–water partition coefficient (Wildman–Crippen LogP) is 1.21. The molecule has 0 aliphatic rings. The summed E-state index contributed by atoms with van der Waals surface area (Å²) in [6, 6.07) is 0. The summed E-state index contributed by atoms with van der Waals surface area (Å²) < 4.78 is 25.1. The van der Waals surface area contributed by atoms with Crippen molar-refractivity contribution < 1.29 is 23.6 Å². The van der Waals surface area contributed by atoms with Crippen LogP contribution in [0.25, 0.3) is 0 Å². The van der Waals surface area contributed by atoms with Gasteiger partial charge >= 0.3 is 11.8 Å². The summed E-state index contributed by atoms with van der Waals surface area (Å²) in [5.41, 5.74) is 2.31. The summed E-state index contributed by atoms with van der Waals surface area (Å²) in [5.74, 6) is -2.97. The van der Waals surface area contributed by atoms with Gasteiger partial charge in [0.15, 0.2) is 6.20 Å². The second-order valence-corrected chi connectivity index (χ2v) is 2.69. The van der Waals surface area contributed by atoms with Crippen molar-refractivity contribution >= 4 is 17.5 Å². The van der Waals surface area contributed by atoms with Gasteiger partial charge in [0.25, 0.3) is 6.43 Å². The molecule has 0 radical (unpaired) electrons. The van der Waals surface area contributed by atoms with Gasteiger partial charge in [0.1, 0.15) is 11.1 Å². The number of nitrogens with two attached hydrogens (primary N) is 1. The first-order valence-corrected chi connectivity index (χ1v) is 3.80. The topological polar surface area (TPSA) is 119 Å². The summed E-state index contributed by atoms with van der Waals surface area (Å²) in [5, 5.41) is 19.0. The molecule has 0 aliphatic heterocycles. The molecule has 1 aromatic rings. The van der Waals surface area contributed by atoms with E-state index in [0.717, 1.165) is 0 Å². The number of alkyl halides is 2. The first-order valence-electron chi connectivity index (χ1n) is 3.80. The van der Waals surface area contributed by atoms with Gasteiger partial charge in [-0.2, -0.15) is 0 Å². The van der Waals surface area contributed by atoms with E-state index in [1.165, 1.54) is 0 Å². The lowest BCUT2D eigenvalue weighted by Crippen LogP contribution is -2.11. The van der Waals surface area contributed by atoms with Crippen LogP contribution in [-0.4, -0.2) is 21.0 Å². The van der Waals surface area contributed by atoms with Crippen molar-refractivity contribution in [3.8, 4) is 0 Å². The lowest BCUT2D eigenvalue weighted by molar-refractivity contribution is -0.391. The number of halogens is 2. The molecule has 1 rings (SSSR count). The van der Waals surface area contributed by atoms with Crippen molar-refractivity contribution in [3.63, 3.8) is 0 Å². The molecule has 0 amide bonds. The van der Waals surface area contributed by atoms with Crippen molar-refractivity contribution in [3.05, 3.63) is 27.4 Å². The summed E-state index contributed by atoms with van der Waals surface area (Å²) >= 11 is 0. The number of aromatic carboxylic acids is 1. The molecule has 0 saturated heterocycles. The van der Waals surface area contributed by atoms with Gasteiger partial charge in [0.05, 0.1) is 5.69 Å². The fourth-order valence-electron chi connectivity index (χ4n) is 1.12. The standard InChI is InChI=1S/C7H5F2N3O4/c8-5(9)4-3(7(13)14)2(10)1-11-6(4)12(15)16/h1,5H,10H2,(H,13,14). The number of nitrogen functional groups attached to an aromatic ring is 1. The molecule has 0 aromatic carbocycles. The van der Waals surface area contributed by atoms with Crippen LogP contribution in [-0.2, 0) is 0 Å². The fourth-order valence-corrected chi connectivity index (χ4v) is 1.12. The highest BCUT2D eigenvalue weighted by Gasteiger charge is 2.32. The lowest BCUT2D eigenvalue weighted by Gasteiger charge is -2.06. The Morgan fingerprint density at radius 3 is 2.56 bits per heavy atom. The molecule has 16 heavy (non-hydrogen) atoms. The third-order valence-electron chi connectivity index (χ3n) is 1.73. The molecule has 1 aromatic heterocycles. The summed E-state index contributed by atoms with van der Waals surface area (Å²) in [7, 11) is 0. The predicted molar refractivity (Wildman–Crippen MR) is 47.2 cm³/mol. The number of carboxylic acid groups (broad SMARTS) is 1. The van der Waals surface area contributed by atoms with Gasteiger partial charge in [-0.25, -0.2) is 13.6 Å². The zero-order valence-corrected chi connectivity index (χ0v) is 7.55. The molecule has 0 atom stereocenters. The highest BCUT2D eigenvalue weighted by atomic mass is 19.3. The molecule has 1 heterocycles. The average molecular weight is 233 g/mol. The van der Waals surface area contributed by atoms with Gasteiger partial charge in [0, 0.05) is 0 Å². The second-order valence-electron chi connectivity index (χ2n) is 2.69. The van der Waals surface area contributed by atoms with Crippen LogP contribution in [0.3, 0.4) is 0 Å². The minimum Gasteiger partial charge on any atom is -0.478 e. The van der Waals surface area contributed by atoms with Crippen LogP contribution in [0.2, 0.25) is 0 Å². The number of carboxylic acids is 1. The molecule has 86 valence electrons. The zero-order chi connectivity index (χ0) is 12.5.